The van der Waals surface area contributed by atoms with E-state index >= 15 is 0 Å². The molecule has 0 aliphatic heterocycles. The zero-order valence-electron chi connectivity index (χ0n) is 13.1. The number of halogens is 2. The van der Waals surface area contributed by atoms with E-state index in [4.69, 9.17) is 0 Å². The summed E-state index contributed by atoms with van der Waals surface area (Å²) in [4.78, 5) is 23.6. The van der Waals surface area contributed by atoms with E-state index in [1.165, 1.54) is 25.1 Å². The Kier molecular flexibility index (Phi) is 5.47. The number of rotatable bonds is 5. The molecule has 0 unspecified atom stereocenters. The number of amides is 2. The van der Waals surface area contributed by atoms with Gasteiger partial charge in [0.1, 0.15) is 5.75 Å². The zero-order chi connectivity index (χ0) is 17.7. The third-order valence-corrected chi connectivity index (χ3v) is 3.24. The minimum atomic E-state index is -3.02. The van der Waals surface area contributed by atoms with Gasteiger partial charge in [-0.1, -0.05) is 18.2 Å². The van der Waals surface area contributed by atoms with Gasteiger partial charge in [-0.2, -0.15) is 8.78 Å². The third kappa shape index (κ3) is 4.28. The molecule has 0 atom stereocenters. The summed E-state index contributed by atoms with van der Waals surface area (Å²) in [7, 11) is 0. The van der Waals surface area contributed by atoms with Crippen molar-refractivity contribution in [1.29, 1.82) is 0 Å². The highest BCUT2D eigenvalue weighted by molar-refractivity contribution is 6.07. The van der Waals surface area contributed by atoms with Gasteiger partial charge in [-0.15, -0.1) is 0 Å². The summed E-state index contributed by atoms with van der Waals surface area (Å²) in [6, 6.07) is 10.7. The number of ether oxygens (including phenoxy) is 1. The Morgan fingerprint density at radius 2 is 1.62 bits per heavy atom. The standard InChI is InChI=1S/C17H16F2N2O3/c1-10-13(20-11(2)22)7-5-8-14(10)21-16(23)12-6-3-4-9-15(12)24-17(18)19/h3-9,17H,1-2H3,(H,20,22)(H,21,23). The Labute approximate surface area is 137 Å². The van der Waals surface area contributed by atoms with E-state index in [2.05, 4.69) is 15.4 Å². The molecule has 0 aliphatic rings. The van der Waals surface area contributed by atoms with Crippen molar-refractivity contribution in [3.63, 3.8) is 0 Å². The SMILES string of the molecule is CC(=O)Nc1cccc(NC(=O)c2ccccc2OC(F)F)c1C. The van der Waals surface area contributed by atoms with E-state index < -0.39 is 12.5 Å². The van der Waals surface area contributed by atoms with Crippen molar-refractivity contribution >= 4 is 23.2 Å². The molecule has 0 radical (unpaired) electrons. The van der Waals surface area contributed by atoms with Crippen molar-refractivity contribution in [2.45, 2.75) is 20.5 Å². The number of anilines is 2. The smallest absolute Gasteiger partial charge is 0.387 e. The summed E-state index contributed by atoms with van der Waals surface area (Å²) in [5, 5.41) is 5.29. The average Bonchev–Trinajstić information content (AvgIpc) is 2.50. The van der Waals surface area contributed by atoms with Crippen LogP contribution >= 0.6 is 0 Å². The van der Waals surface area contributed by atoms with E-state index in [0.717, 1.165) is 0 Å². The van der Waals surface area contributed by atoms with Crippen LogP contribution in [-0.2, 0) is 4.79 Å². The fourth-order valence-electron chi connectivity index (χ4n) is 2.14. The molecular weight excluding hydrogens is 318 g/mol. The van der Waals surface area contributed by atoms with Crippen LogP contribution in [0.25, 0.3) is 0 Å². The monoisotopic (exact) mass is 334 g/mol. The molecule has 2 amide bonds. The molecule has 0 fully saturated rings. The minimum Gasteiger partial charge on any atom is -0.434 e. The summed E-state index contributed by atoms with van der Waals surface area (Å²) in [6.45, 7) is 0.0780. The highest BCUT2D eigenvalue weighted by atomic mass is 19.3. The molecule has 24 heavy (non-hydrogen) atoms. The highest BCUT2D eigenvalue weighted by Gasteiger charge is 2.16. The van der Waals surface area contributed by atoms with Crippen molar-refractivity contribution in [3.8, 4) is 5.75 Å². The van der Waals surface area contributed by atoms with Crippen LogP contribution in [0, 0.1) is 6.92 Å². The summed E-state index contributed by atoms with van der Waals surface area (Å²) < 4.78 is 29.2. The van der Waals surface area contributed by atoms with Gasteiger partial charge in [0.15, 0.2) is 0 Å². The summed E-state index contributed by atoms with van der Waals surface area (Å²) in [5.74, 6) is -1.03. The second-order valence-electron chi connectivity index (χ2n) is 4.99. The van der Waals surface area contributed by atoms with Crippen LogP contribution < -0.4 is 15.4 Å². The molecule has 126 valence electrons. The number of carbonyl (C=O) groups is 2. The Morgan fingerprint density at radius 1 is 1.00 bits per heavy atom. The van der Waals surface area contributed by atoms with E-state index in [1.807, 2.05) is 0 Å². The first-order chi connectivity index (χ1) is 11.4. The van der Waals surface area contributed by atoms with E-state index in [0.29, 0.717) is 16.9 Å². The number of nitrogens with one attached hydrogen (secondary N) is 2. The molecule has 2 rings (SSSR count). The fourth-order valence-corrected chi connectivity index (χ4v) is 2.14. The molecule has 0 saturated carbocycles. The van der Waals surface area contributed by atoms with Crippen LogP contribution in [0.4, 0.5) is 20.2 Å². The molecule has 0 aliphatic carbocycles. The van der Waals surface area contributed by atoms with Crippen LogP contribution in [0.15, 0.2) is 42.5 Å². The van der Waals surface area contributed by atoms with E-state index in [1.54, 1.807) is 31.2 Å². The van der Waals surface area contributed by atoms with Crippen LogP contribution in [0.5, 0.6) is 5.75 Å². The molecule has 2 N–H and O–H groups in total. The van der Waals surface area contributed by atoms with Gasteiger partial charge >= 0.3 is 6.61 Å². The first-order valence-corrected chi connectivity index (χ1v) is 7.11. The molecule has 0 heterocycles. The van der Waals surface area contributed by atoms with E-state index in [9.17, 15) is 18.4 Å². The second-order valence-corrected chi connectivity index (χ2v) is 4.99. The Hall–Kier alpha value is -2.96. The molecule has 7 heteroatoms. The maximum Gasteiger partial charge on any atom is 0.387 e. The zero-order valence-corrected chi connectivity index (χ0v) is 13.1. The number of benzene rings is 2. The maximum atomic E-state index is 12.4. The maximum absolute atomic E-state index is 12.4. The van der Waals surface area contributed by atoms with Gasteiger partial charge in [0.2, 0.25) is 5.91 Å². The number of alkyl halides is 2. The number of para-hydroxylation sites is 1. The van der Waals surface area contributed by atoms with Crippen molar-refractivity contribution in [2.75, 3.05) is 10.6 Å². The number of hydrogen-bond acceptors (Lipinski definition) is 3. The molecular formula is C17H16F2N2O3. The Morgan fingerprint density at radius 3 is 2.25 bits per heavy atom. The van der Waals surface area contributed by atoms with Crippen molar-refractivity contribution < 1.29 is 23.1 Å². The quantitative estimate of drug-likeness (QED) is 0.874. The lowest BCUT2D eigenvalue weighted by Gasteiger charge is -2.14. The predicted octanol–water partition coefficient (Wildman–Crippen LogP) is 3.81. The highest BCUT2D eigenvalue weighted by Crippen LogP contribution is 2.26. The molecule has 2 aromatic carbocycles. The summed E-state index contributed by atoms with van der Waals surface area (Å²) in [5.41, 5.74) is 1.64. The van der Waals surface area contributed by atoms with Gasteiger partial charge in [0.25, 0.3) is 5.91 Å². The Balaban J connectivity index is 2.26. The normalized spacial score (nSPS) is 10.4. The van der Waals surface area contributed by atoms with Gasteiger partial charge in [-0.3, -0.25) is 9.59 Å². The average molecular weight is 334 g/mol. The van der Waals surface area contributed by atoms with Crippen molar-refractivity contribution in [1.82, 2.24) is 0 Å². The predicted molar refractivity (Wildman–Crippen MR) is 86.5 cm³/mol. The largest absolute Gasteiger partial charge is 0.434 e. The van der Waals surface area contributed by atoms with Crippen LogP contribution in [0.1, 0.15) is 22.8 Å². The Bertz CT molecular complexity index is 763. The van der Waals surface area contributed by atoms with E-state index in [-0.39, 0.29) is 17.2 Å². The molecule has 0 bridgehead atoms. The lowest BCUT2D eigenvalue weighted by Crippen LogP contribution is -2.16. The van der Waals surface area contributed by atoms with Gasteiger partial charge in [0, 0.05) is 18.3 Å². The number of hydrogen-bond donors (Lipinski definition) is 2. The first kappa shape index (κ1) is 17.4. The van der Waals surface area contributed by atoms with Gasteiger partial charge < -0.3 is 15.4 Å². The molecule has 0 aromatic heterocycles. The van der Waals surface area contributed by atoms with Crippen LogP contribution in [0.3, 0.4) is 0 Å². The lowest BCUT2D eigenvalue weighted by atomic mass is 10.1. The van der Waals surface area contributed by atoms with Crippen molar-refractivity contribution in [2.24, 2.45) is 0 Å². The molecule has 2 aromatic rings. The summed E-state index contributed by atoms with van der Waals surface area (Å²) in [6.07, 6.45) is 0. The van der Waals surface area contributed by atoms with Gasteiger partial charge in [-0.05, 0) is 36.8 Å². The lowest BCUT2D eigenvalue weighted by molar-refractivity contribution is -0.114. The number of carbonyl (C=O) groups excluding carboxylic acids is 2. The summed E-state index contributed by atoms with van der Waals surface area (Å²) >= 11 is 0. The van der Waals surface area contributed by atoms with Crippen molar-refractivity contribution in [3.05, 3.63) is 53.6 Å². The third-order valence-electron chi connectivity index (χ3n) is 3.24. The first-order valence-electron chi connectivity index (χ1n) is 7.11. The van der Waals surface area contributed by atoms with Gasteiger partial charge in [0.05, 0.1) is 5.56 Å². The molecule has 5 nitrogen and oxygen atoms in total. The fraction of sp³-hybridized carbons (Fsp3) is 0.176. The molecule has 0 saturated heterocycles. The van der Waals surface area contributed by atoms with Crippen LogP contribution in [-0.4, -0.2) is 18.4 Å². The van der Waals surface area contributed by atoms with Gasteiger partial charge in [-0.25, -0.2) is 0 Å². The second kappa shape index (κ2) is 7.54. The molecule has 0 spiro atoms. The topological polar surface area (TPSA) is 67.4 Å². The minimum absolute atomic E-state index is 0.0119. The van der Waals surface area contributed by atoms with Crippen LogP contribution in [0.2, 0.25) is 0 Å².